The van der Waals surface area contributed by atoms with Crippen LogP contribution in [0.4, 0.5) is 5.69 Å². The molecule has 32 heavy (non-hydrogen) atoms. The van der Waals surface area contributed by atoms with Crippen molar-refractivity contribution in [2.24, 2.45) is 0 Å². The van der Waals surface area contributed by atoms with Crippen LogP contribution in [-0.2, 0) is 5.41 Å². The number of anilines is 1. The summed E-state index contributed by atoms with van der Waals surface area (Å²) >= 11 is 3.77. The van der Waals surface area contributed by atoms with Crippen molar-refractivity contribution in [2.45, 2.75) is 39.2 Å². The second-order valence-corrected chi connectivity index (χ2v) is 10.5. The Bertz CT molecular complexity index is 1290. The second kappa shape index (κ2) is 7.47. The summed E-state index contributed by atoms with van der Waals surface area (Å²) in [7, 11) is 0. The zero-order valence-electron chi connectivity index (χ0n) is 18.9. The lowest BCUT2D eigenvalue weighted by Gasteiger charge is -2.40. The number of aromatic amines is 1. The Kier molecular flexibility index (Phi) is 4.96. The van der Waals surface area contributed by atoms with Crippen molar-refractivity contribution in [1.82, 2.24) is 9.88 Å². The normalized spacial score (nSPS) is 18.0. The van der Waals surface area contributed by atoms with Crippen molar-refractivity contribution < 1.29 is 4.79 Å². The van der Waals surface area contributed by atoms with Crippen LogP contribution in [0.15, 0.2) is 34.8 Å². The predicted molar refractivity (Wildman–Crippen MR) is 132 cm³/mol. The fourth-order valence-corrected chi connectivity index (χ4v) is 5.82. The Morgan fingerprint density at radius 1 is 1.12 bits per heavy atom. The summed E-state index contributed by atoms with van der Waals surface area (Å²) in [6.45, 7) is 12.9. The minimum absolute atomic E-state index is 0.0437. The van der Waals surface area contributed by atoms with Gasteiger partial charge in [-0.1, -0.05) is 19.9 Å². The highest BCUT2D eigenvalue weighted by molar-refractivity contribution is 9.10. The van der Waals surface area contributed by atoms with Crippen molar-refractivity contribution in [2.75, 3.05) is 31.1 Å². The third-order valence-corrected chi connectivity index (χ3v) is 7.81. The van der Waals surface area contributed by atoms with Crippen LogP contribution in [0.25, 0.3) is 10.9 Å². The van der Waals surface area contributed by atoms with Crippen LogP contribution < -0.4 is 4.90 Å². The number of carbonyl (C=O) groups excluding carboxylic acids is 1. The van der Waals surface area contributed by atoms with Crippen LogP contribution in [0.2, 0.25) is 0 Å². The lowest BCUT2D eigenvalue weighted by atomic mass is 9.71. The number of aromatic nitrogens is 1. The van der Waals surface area contributed by atoms with Gasteiger partial charge >= 0.3 is 0 Å². The van der Waals surface area contributed by atoms with Crippen LogP contribution in [0.5, 0.6) is 0 Å². The first kappa shape index (κ1) is 21.2. The fourth-order valence-electron chi connectivity index (χ4n) is 5.23. The number of piperazine rings is 1. The second-order valence-electron chi connectivity index (χ2n) is 9.67. The molecule has 6 heteroatoms. The Morgan fingerprint density at radius 3 is 2.50 bits per heavy atom. The molecule has 0 atom stereocenters. The summed E-state index contributed by atoms with van der Waals surface area (Å²) in [5.41, 5.74) is 5.68. The van der Waals surface area contributed by atoms with E-state index in [1.165, 1.54) is 0 Å². The van der Waals surface area contributed by atoms with Gasteiger partial charge in [0.05, 0.1) is 22.9 Å². The molecule has 0 unspecified atom stereocenters. The van der Waals surface area contributed by atoms with Crippen molar-refractivity contribution in [1.29, 1.82) is 5.26 Å². The number of rotatable bonds is 2. The highest BCUT2D eigenvalue weighted by Crippen LogP contribution is 2.46. The molecule has 3 aromatic rings. The fraction of sp³-hybridized carbons (Fsp3) is 0.385. The van der Waals surface area contributed by atoms with E-state index in [4.69, 9.17) is 0 Å². The van der Waals surface area contributed by atoms with E-state index in [0.29, 0.717) is 11.6 Å². The minimum Gasteiger partial charge on any atom is -0.368 e. The summed E-state index contributed by atoms with van der Waals surface area (Å²) in [4.78, 5) is 22.1. The maximum Gasteiger partial charge on any atom is 0.195 e. The molecule has 1 saturated heterocycles. The van der Waals surface area contributed by atoms with Crippen molar-refractivity contribution in [3.63, 3.8) is 0 Å². The zero-order valence-corrected chi connectivity index (χ0v) is 20.5. The largest absolute Gasteiger partial charge is 0.368 e. The molecule has 2 heterocycles. The van der Waals surface area contributed by atoms with Gasteiger partial charge in [-0.3, -0.25) is 9.69 Å². The maximum atomic E-state index is 13.7. The van der Waals surface area contributed by atoms with E-state index in [1.807, 2.05) is 18.2 Å². The van der Waals surface area contributed by atoms with Gasteiger partial charge in [0.1, 0.15) is 0 Å². The Balaban J connectivity index is 1.61. The van der Waals surface area contributed by atoms with Gasteiger partial charge in [0.25, 0.3) is 0 Å². The SMILES string of the molecule is CC(C)N1CCN(c2cc3c(cc2Br)C(=O)c2c([nH]c4cc(C#N)ccc24)C3(C)C)CC1. The van der Waals surface area contributed by atoms with E-state index < -0.39 is 0 Å². The number of benzene rings is 2. The first-order valence-electron chi connectivity index (χ1n) is 11.2. The molecule has 2 aliphatic rings. The van der Waals surface area contributed by atoms with Crippen LogP contribution in [0.3, 0.4) is 0 Å². The number of hydrogen-bond donors (Lipinski definition) is 1. The van der Waals surface area contributed by atoms with Crippen LogP contribution in [0.1, 0.15) is 60.4 Å². The summed E-state index contributed by atoms with van der Waals surface area (Å²) in [6.07, 6.45) is 0. The first-order chi connectivity index (χ1) is 15.2. The number of carbonyl (C=O) groups is 1. The number of nitrogens with one attached hydrogen (secondary N) is 1. The molecule has 0 radical (unpaired) electrons. The van der Waals surface area contributed by atoms with Crippen LogP contribution >= 0.6 is 15.9 Å². The Labute approximate surface area is 197 Å². The van der Waals surface area contributed by atoms with E-state index in [-0.39, 0.29) is 11.2 Å². The van der Waals surface area contributed by atoms with E-state index >= 15 is 0 Å². The highest BCUT2D eigenvalue weighted by atomic mass is 79.9. The molecular formula is C26H27BrN4O. The predicted octanol–water partition coefficient (Wildman–Crippen LogP) is 5.20. The minimum atomic E-state index is -0.362. The molecule has 0 amide bonds. The summed E-state index contributed by atoms with van der Waals surface area (Å²) in [6, 6.07) is 12.5. The van der Waals surface area contributed by atoms with E-state index in [2.05, 4.69) is 70.5 Å². The number of ketones is 1. The van der Waals surface area contributed by atoms with Gasteiger partial charge in [0.15, 0.2) is 5.78 Å². The van der Waals surface area contributed by atoms with Crippen molar-refractivity contribution >= 4 is 38.3 Å². The van der Waals surface area contributed by atoms with Gasteiger partial charge < -0.3 is 9.88 Å². The van der Waals surface area contributed by atoms with Crippen LogP contribution in [0, 0.1) is 11.3 Å². The van der Waals surface area contributed by atoms with Gasteiger partial charge in [-0.2, -0.15) is 5.26 Å². The van der Waals surface area contributed by atoms with E-state index in [1.54, 1.807) is 6.07 Å². The monoisotopic (exact) mass is 490 g/mol. The van der Waals surface area contributed by atoms with Crippen molar-refractivity contribution in [3.8, 4) is 6.07 Å². The number of nitrogens with zero attached hydrogens (tertiary/aromatic N) is 3. The average molecular weight is 491 g/mol. The van der Waals surface area contributed by atoms with Gasteiger partial charge in [0, 0.05) is 64.3 Å². The molecular weight excluding hydrogens is 464 g/mol. The lowest BCUT2D eigenvalue weighted by molar-refractivity contribution is 0.103. The molecule has 1 aromatic heterocycles. The quantitative estimate of drug-likeness (QED) is 0.535. The topological polar surface area (TPSA) is 63.1 Å². The molecule has 1 aliphatic heterocycles. The lowest BCUT2D eigenvalue weighted by Crippen LogP contribution is -2.49. The number of H-pyrrole nitrogens is 1. The molecule has 164 valence electrons. The maximum absolute atomic E-state index is 13.7. The van der Waals surface area contributed by atoms with Gasteiger partial charge in [0.2, 0.25) is 0 Å². The molecule has 2 aromatic carbocycles. The van der Waals surface area contributed by atoms with Crippen molar-refractivity contribution in [3.05, 3.63) is 62.8 Å². The molecule has 1 fully saturated rings. The summed E-state index contributed by atoms with van der Waals surface area (Å²) in [5.74, 6) is 0.0437. The molecule has 0 bridgehead atoms. The number of fused-ring (bicyclic) bond motifs is 4. The number of halogens is 1. The molecule has 0 spiro atoms. The molecule has 1 N–H and O–H groups in total. The Morgan fingerprint density at radius 2 is 1.84 bits per heavy atom. The molecule has 5 rings (SSSR count). The Hall–Kier alpha value is -2.62. The third kappa shape index (κ3) is 3.10. The van der Waals surface area contributed by atoms with Gasteiger partial charge in [-0.25, -0.2) is 0 Å². The summed E-state index contributed by atoms with van der Waals surface area (Å²) < 4.78 is 0.966. The smallest absolute Gasteiger partial charge is 0.195 e. The molecule has 0 saturated carbocycles. The van der Waals surface area contributed by atoms with E-state index in [0.717, 1.165) is 69.6 Å². The van der Waals surface area contributed by atoms with Gasteiger partial charge in [-0.15, -0.1) is 0 Å². The average Bonchev–Trinajstić information content (AvgIpc) is 3.17. The number of nitriles is 1. The number of hydrogen-bond acceptors (Lipinski definition) is 4. The molecule has 5 nitrogen and oxygen atoms in total. The standard InChI is InChI=1S/C26H27BrN4O/c1-15(2)30-7-9-31(10-8-30)22-13-19-18(12-20(22)27)24(32)23-17-6-5-16(14-28)11-21(17)29-25(23)26(19,3)4/h5-6,11-13,15,29H,7-10H2,1-4H3. The van der Waals surface area contributed by atoms with E-state index in [9.17, 15) is 10.1 Å². The summed E-state index contributed by atoms with van der Waals surface area (Å²) in [5, 5.41) is 10.2. The van der Waals surface area contributed by atoms with Crippen LogP contribution in [-0.4, -0.2) is 47.9 Å². The van der Waals surface area contributed by atoms with Gasteiger partial charge in [-0.05, 0) is 59.6 Å². The zero-order chi connectivity index (χ0) is 22.8. The molecule has 1 aliphatic carbocycles. The highest BCUT2D eigenvalue weighted by Gasteiger charge is 2.40. The third-order valence-electron chi connectivity index (χ3n) is 7.17. The first-order valence-corrected chi connectivity index (χ1v) is 12.0.